The van der Waals surface area contributed by atoms with Crippen molar-refractivity contribution in [2.45, 2.75) is 6.61 Å². The van der Waals surface area contributed by atoms with Gasteiger partial charge in [0, 0.05) is 10.9 Å². The highest BCUT2D eigenvalue weighted by Crippen LogP contribution is 2.23. The summed E-state index contributed by atoms with van der Waals surface area (Å²) >= 11 is 1.50. The van der Waals surface area contributed by atoms with Crippen LogP contribution in [0.1, 0.15) is 26.4 Å². The topological polar surface area (TPSA) is 65.5 Å². The van der Waals surface area contributed by atoms with E-state index in [4.69, 9.17) is 4.74 Å². The SMILES string of the molecule is COC(=O)c1ccc(C(=O)OCc2csc(-c3ccccc3)n2)cc1. The molecule has 0 fully saturated rings. The van der Waals surface area contributed by atoms with Crippen LogP contribution >= 0.6 is 11.3 Å². The quantitative estimate of drug-likeness (QED) is 0.650. The first-order valence-electron chi connectivity index (χ1n) is 7.52. The van der Waals surface area contributed by atoms with Crippen molar-refractivity contribution in [3.8, 4) is 10.6 Å². The summed E-state index contributed by atoms with van der Waals surface area (Å²) in [5.41, 5.74) is 2.48. The molecule has 0 aliphatic rings. The van der Waals surface area contributed by atoms with E-state index < -0.39 is 11.9 Å². The van der Waals surface area contributed by atoms with Gasteiger partial charge in [0.1, 0.15) is 11.6 Å². The lowest BCUT2D eigenvalue weighted by molar-refractivity contribution is 0.0467. The van der Waals surface area contributed by atoms with E-state index in [0.717, 1.165) is 10.6 Å². The van der Waals surface area contributed by atoms with Crippen LogP contribution in [0.3, 0.4) is 0 Å². The van der Waals surface area contributed by atoms with Gasteiger partial charge in [0.05, 0.1) is 23.9 Å². The molecule has 1 aromatic heterocycles. The molecule has 6 heteroatoms. The molecule has 3 rings (SSSR count). The summed E-state index contributed by atoms with van der Waals surface area (Å²) in [6.45, 7) is 0.0981. The van der Waals surface area contributed by atoms with Gasteiger partial charge in [0.2, 0.25) is 0 Å². The molecule has 3 aromatic rings. The maximum Gasteiger partial charge on any atom is 0.338 e. The molecule has 0 spiro atoms. The number of esters is 2. The van der Waals surface area contributed by atoms with E-state index in [9.17, 15) is 9.59 Å². The molecule has 0 amide bonds. The van der Waals surface area contributed by atoms with Gasteiger partial charge >= 0.3 is 11.9 Å². The Kier molecular flexibility index (Phi) is 5.20. The minimum Gasteiger partial charge on any atom is -0.465 e. The smallest absolute Gasteiger partial charge is 0.338 e. The molecule has 0 bridgehead atoms. The number of methoxy groups -OCH3 is 1. The van der Waals surface area contributed by atoms with Gasteiger partial charge in [0.15, 0.2) is 0 Å². The number of ether oxygens (including phenoxy) is 2. The molecule has 1 heterocycles. The highest BCUT2D eigenvalue weighted by Gasteiger charge is 2.11. The maximum atomic E-state index is 12.1. The maximum absolute atomic E-state index is 12.1. The Morgan fingerprint density at radius 1 is 0.960 bits per heavy atom. The first-order valence-corrected chi connectivity index (χ1v) is 8.40. The predicted octanol–water partition coefficient (Wildman–Crippen LogP) is 3.95. The lowest BCUT2D eigenvalue weighted by Gasteiger charge is -2.04. The monoisotopic (exact) mass is 353 g/mol. The molecule has 0 aliphatic heterocycles. The lowest BCUT2D eigenvalue weighted by Crippen LogP contribution is -2.07. The summed E-state index contributed by atoms with van der Waals surface area (Å²) in [4.78, 5) is 27.9. The van der Waals surface area contributed by atoms with Crippen LogP contribution in [0, 0.1) is 0 Å². The second-order valence-electron chi connectivity index (χ2n) is 5.16. The zero-order valence-corrected chi connectivity index (χ0v) is 14.3. The van der Waals surface area contributed by atoms with E-state index in [1.54, 1.807) is 0 Å². The second-order valence-corrected chi connectivity index (χ2v) is 6.01. The van der Waals surface area contributed by atoms with Gasteiger partial charge in [-0.2, -0.15) is 0 Å². The van der Waals surface area contributed by atoms with Crippen molar-refractivity contribution >= 4 is 23.3 Å². The number of hydrogen-bond donors (Lipinski definition) is 0. The molecule has 0 atom stereocenters. The Labute approximate surface area is 148 Å². The van der Waals surface area contributed by atoms with Gasteiger partial charge in [-0.15, -0.1) is 11.3 Å². The van der Waals surface area contributed by atoms with Crippen LogP contribution in [0.5, 0.6) is 0 Å². The Bertz CT molecular complexity index is 872. The van der Waals surface area contributed by atoms with Gasteiger partial charge in [0.25, 0.3) is 0 Å². The highest BCUT2D eigenvalue weighted by molar-refractivity contribution is 7.13. The molecule has 0 saturated heterocycles. The average Bonchev–Trinajstić information content (AvgIpc) is 3.15. The molecule has 126 valence electrons. The van der Waals surface area contributed by atoms with Crippen molar-refractivity contribution in [1.82, 2.24) is 4.98 Å². The van der Waals surface area contributed by atoms with Crippen molar-refractivity contribution in [1.29, 1.82) is 0 Å². The van der Waals surface area contributed by atoms with Crippen molar-refractivity contribution < 1.29 is 19.1 Å². The first-order chi connectivity index (χ1) is 12.2. The Hall–Kier alpha value is -2.99. The van der Waals surface area contributed by atoms with Crippen LogP contribution in [0.2, 0.25) is 0 Å². The largest absolute Gasteiger partial charge is 0.465 e. The van der Waals surface area contributed by atoms with E-state index >= 15 is 0 Å². The van der Waals surface area contributed by atoms with Crippen LogP contribution in [0.4, 0.5) is 0 Å². The fraction of sp³-hybridized carbons (Fsp3) is 0.105. The number of thiazole rings is 1. The van der Waals surface area contributed by atoms with Gasteiger partial charge < -0.3 is 9.47 Å². The minimum absolute atomic E-state index is 0.0981. The average molecular weight is 353 g/mol. The van der Waals surface area contributed by atoms with Crippen LogP contribution in [-0.2, 0) is 16.1 Å². The lowest BCUT2D eigenvalue weighted by atomic mass is 10.1. The standard InChI is InChI=1S/C19H15NO4S/c1-23-18(21)14-7-9-15(10-8-14)19(22)24-11-16-12-25-17(20-16)13-5-3-2-4-6-13/h2-10,12H,11H2,1H3. The second kappa shape index (κ2) is 7.72. The summed E-state index contributed by atoms with van der Waals surface area (Å²) in [5.74, 6) is -0.915. The number of benzene rings is 2. The number of carbonyl (C=O) groups excluding carboxylic acids is 2. The van der Waals surface area contributed by atoms with Gasteiger partial charge in [-0.25, -0.2) is 14.6 Å². The van der Waals surface area contributed by atoms with E-state index in [0.29, 0.717) is 16.8 Å². The van der Waals surface area contributed by atoms with Crippen molar-refractivity contribution in [2.24, 2.45) is 0 Å². The molecular weight excluding hydrogens is 338 g/mol. The fourth-order valence-corrected chi connectivity index (χ4v) is 2.98. The van der Waals surface area contributed by atoms with Crippen LogP contribution in [-0.4, -0.2) is 24.0 Å². The van der Waals surface area contributed by atoms with Gasteiger partial charge in [-0.1, -0.05) is 30.3 Å². The number of aromatic nitrogens is 1. The zero-order valence-electron chi connectivity index (χ0n) is 13.5. The summed E-state index contributed by atoms with van der Waals surface area (Å²) < 4.78 is 9.90. The molecular formula is C19H15NO4S. The Morgan fingerprint density at radius 3 is 2.24 bits per heavy atom. The normalized spacial score (nSPS) is 10.3. The highest BCUT2D eigenvalue weighted by atomic mass is 32.1. The summed E-state index contributed by atoms with van der Waals surface area (Å²) in [6, 6.07) is 15.9. The summed E-state index contributed by atoms with van der Waals surface area (Å²) in [6.07, 6.45) is 0. The van der Waals surface area contributed by atoms with Crippen molar-refractivity contribution in [2.75, 3.05) is 7.11 Å². The molecule has 0 aliphatic carbocycles. The van der Waals surface area contributed by atoms with Crippen molar-refractivity contribution in [3.63, 3.8) is 0 Å². The number of nitrogens with zero attached hydrogens (tertiary/aromatic N) is 1. The third kappa shape index (κ3) is 4.10. The Morgan fingerprint density at radius 2 is 1.60 bits per heavy atom. The summed E-state index contributed by atoms with van der Waals surface area (Å²) in [5, 5.41) is 2.75. The molecule has 0 radical (unpaired) electrons. The third-order valence-corrected chi connectivity index (χ3v) is 4.41. The zero-order chi connectivity index (χ0) is 17.6. The summed E-state index contributed by atoms with van der Waals surface area (Å²) in [7, 11) is 1.31. The third-order valence-electron chi connectivity index (χ3n) is 3.47. The molecule has 0 unspecified atom stereocenters. The van der Waals surface area contributed by atoms with Gasteiger partial charge in [-0.05, 0) is 24.3 Å². The molecule has 0 N–H and O–H groups in total. The predicted molar refractivity (Wildman–Crippen MR) is 94.5 cm³/mol. The fourth-order valence-electron chi connectivity index (χ4n) is 2.17. The number of hydrogen-bond acceptors (Lipinski definition) is 6. The number of carbonyl (C=O) groups is 2. The van der Waals surface area contributed by atoms with Crippen molar-refractivity contribution in [3.05, 3.63) is 76.8 Å². The first kappa shape index (κ1) is 16.9. The number of rotatable bonds is 5. The van der Waals surface area contributed by atoms with E-state index in [-0.39, 0.29) is 6.61 Å². The van der Waals surface area contributed by atoms with Crippen LogP contribution in [0.15, 0.2) is 60.0 Å². The molecule has 5 nitrogen and oxygen atoms in total. The van der Waals surface area contributed by atoms with E-state index in [1.807, 2.05) is 35.7 Å². The van der Waals surface area contributed by atoms with E-state index in [2.05, 4.69) is 9.72 Å². The van der Waals surface area contributed by atoms with E-state index in [1.165, 1.54) is 42.7 Å². The van der Waals surface area contributed by atoms with Crippen LogP contribution < -0.4 is 0 Å². The minimum atomic E-state index is -0.467. The molecule has 25 heavy (non-hydrogen) atoms. The molecule has 0 saturated carbocycles. The molecule has 2 aromatic carbocycles. The van der Waals surface area contributed by atoms with Crippen LogP contribution in [0.25, 0.3) is 10.6 Å². The van der Waals surface area contributed by atoms with Gasteiger partial charge in [-0.3, -0.25) is 0 Å². The Balaban J connectivity index is 1.61.